The van der Waals surface area contributed by atoms with E-state index in [4.69, 9.17) is 10.5 Å². The molecule has 0 atom stereocenters. The van der Waals surface area contributed by atoms with Gasteiger partial charge in [-0.15, -0.1) is 0 Å². The van der Waals surface area contributed by atoms with Gasteiger partial charge >= 0.3 is 6.09 Å². The molecule has 0 aromatic heterocycles. The van der Waals surface area contributed by atoms with Crippen LogP contribution in [-0.2, 0) is 4.74 Å². The van der Waals surface area contributed by atoms with Gasteiger partial charge in [0.05, 0.1) is 5.56 Å². The zero-order valence-corrected chi connectivity index (χ0v) is 12.3. The summed E-state index contributed by atoms with van der Waals surface area (Å²) in [6.45, 7) is 5.63. The van der Waals surface area contributed by atoms with Gasteiger partial charge in [-0.3, -0.25) is 4.79 Å². The molecule has 2 amide bonds. The van der Waals surface area contributed by atoms with Gasteiger partial charge in [0.1, 0.15) is 11.4 Å². The van der Waals surface area contributed by atoms with E-state index in [2.05, 4.69) is 5.32 Å². The fourth-order valence-corrected chi connectivity index (χ4v) is 1.51. The van der Waals surface area contributed by atoms with Crippen LogP contribution in [0.5, 0.6) is 5.75 Å². The molecule has 0 heterocycles. The molecule has 6 heteroatoms. The lowest BCUT2D eigenvalue weighted by Gasteiger charge is -2.19. The Morgan fingerprint density at radius 2 is 2.05 bits per heavy atom. The van der Waals surface area contributed by atoms with E-state index in [9.17, 15) is 14.7 Å². The second-order valence-electron chi connectivity index (χ2n) is 5.43. The van der Waals surface area contributed by atoms with Crippen molar-refractivity contribution in [1.82, 2.24) is 5.32 Å². The first-order valence-electron chi connectivity index (χ1n) is 6.45. The fourth-order valence-electron chi connectivity index (χ4n) is 1.51. The van der Waals surface area contributed by atoms with Crippen molar-refractivity contribution in [2.75, 3.05) is 6.54 Å². The van der Waals surface area contributed by atoms with Crippen LogP contribution in [0.4, 0.5) is 4.79 Å². The molecule has 0 aliphatic carbocycles. The number of alkyl carbamates (subject to hydrolysis) is 1. The summed E-state index contributed by atoms with van der Waals surface area (Å²) in [7, 11) is 0. The molecule has 0 unspecified atom stereocenters. The van der Waals surface area contributed by atoms with Gasteiger partial charge in [-0.2, -0.15) is 0 Å². The van der Waals surface area contributed by atoms with Crippen molar-refractivity contribution in [1.29, 1.82) is 0 Å². The average molecular weight is 292 g/mol. The molecule has 114 valence electrons. The molecule has 0 bridgehead atoms. The Bertz CT molecular complexity index is 559. The lowest BCUT2D eigenvalue weighted by Crippen LogP contribution is -2.32. The molecule has 0 fully saturated rings. The Labute approximate surface area is 123 Å². The van der Waals surface area contributed by atoms with E-state index in [1.54, 1.807) is 39.0 Å². The van der Waals surface area contributed by atoms with Crippen LogP contribution in [0.3, 0.4) is 0 Å². The van der Waals surface area contributed by atoms with Gasteiger partial charge in [-0.05, 0) is 38.5 Å². The molecule has 1 aromatic carbocycles. The van der Waals surface area contributed by atoms with E-state index in [-0.39, 0.29) is 17.9 Å². The Morgan fingerprint density at radius 3 is 2.62 bits per heavy atom. The molecule has 0 saturated carbocycles. The molecule has 0 spiro atoms. The van der Waals surface area contributed by atoms with Crippen LogP contribution in [0.15, 0.2) is 24.3 Å². The van der Waals surface area contributed by atoms with Gasteiger partial charge < -0.3 is 20.9 Å². The number of carbonyl (C=O) groups is 2. The Morgan fingerprint density at radius 1 is 1.38 bits per heavy atom. The van der Waals surface area contributed by atoms with Crippen LogP contribution in [0.1, 0.15) is 36.7 Å². The predicted molar refractivity (Wildman–Crippen MR) is 79.9 cm³/mol. The van der Waals surface area contributed by atoms with Gasteiger partial charge in [0.25, 0.3) is 5.91 Å². The third-order valence-electron chi connectivity index (χ3n) is 2.36. The smallest absolute Gasteiger partial charge is 0.407 e. The SMILES string of the molecule is CC(C)(C)OC(=O)NCC=Cc1ccc(O)c(C(N)=O)c1. The number of amides is 2. The number of primary amides is 1. The standard InChI is InChI=1S/C15H20N2O4/c1-15(2,3)21-14(20)17-8-4-5-10-6-7-12(18)11(9-10)13(16)19/h4-7,9,18H,8H2,1-3H3,(H2,16,19)(H,17,20). The number of nitrogens with one attached hydrogen (secondary N) is 1. The maximum atomic E-state index is 11.4. The summed E-state index contributed by atoms with van der Waals surface area (Å²) in [5.74, 6) is -0.860. The molecule has 21 heavy (non-hydrogen) atoms. The number of ether oxygens (including phenoxy) is 1. The first kappa shape index (κ1) is 16.6. The number of aromatic hydroxyl groups is 1. The number of hydrogen-bond donors (Lipinski definition) is 3. The minimum absolute atomic E-state index is 0.0530. The molecular formula is C15H20N2O4. The highest BCUT2D eigenvalue weighted by molar-refractivity contribution is 5.96. The molecular weight excluding hydrogens is 272 g/mol. The van der Waals surface area contributed by atoms with Crippen LogP contribution >= 0.6 is 0 Å². The summed E-state index contributed by atoms with van der Waals surface area (Å²) >= 11 is 0. The molecule has 0 radical (unpaired) electrons. The third kappa shape index (κ3) is 5.99. The molecule has 1 aromatic rings. The van der Waals surface area contributed by atoms with Crippen molar-refractivity contribution in [3.8, 4) is 5.75 Å². The van der Waals surface area contributed by atoms with E-state index in [1.807, 2.05) is 0 Å². The number of hydrogen-bond acceptors (Lipinski definition) is 4. The minimum Gasteiger partial charge on any atom is -0.507 e. The molecule has 1 rings (SSSR count). The van der Waals surface area contributed by atoms with E-state index in [1.165, 1.54) is 12.1 Å². The van der Waals surface area contributed by atoms with Crippen LogP contribution in [0, 0.1) is 0 Å². The minimum atomic E-state index is -0.699. The zero-order chi connectivity index (χ0) is 16.0. The topological polar surface area (TPSA) is 102 Å². The van der Waals surface area contributed by atoms with Crippen molar-refractivity contribution in [2.24, 2.45) is 5.73 Å². The number of rotatable bonds is 4. The van der Waals surface area contributed by atoms with Gasteiger partial charge in [0, 0.05) is 6.54 Å². The molecule has 0 saturated heterocycles. The summed E-state index contributed by atoms with van der Waals surface area (Å²) in [6, 6.07) is 4.49. The monoisotopic (exact) mass is 292 g/mol. The van der Waals surface area contributed by atoms with Crippen molar-refractivity contribution in [3.63, 3.8) is 0 Å². The quantitative estimate of drug-likeness (QED) is 0.790. The van der Waals surface area contributed by atoms with E-state index in [0.29, 0.717) is 5.56 Å². The van der Waals surface area contributed by atoms with E-state index < -0.39 is 17.6 Å². The van der Waals surface area contributed by atoms with Crippen LogP contribution < -0.4 is 11.1 Å². The highest BCUT2D eigenvalue weighted by Crippen LogP contribution is 2.18. The summed E-state index contributed by atoms with van der Waals surface area (Å²) < 4.78 is 5.08. The highest BCUT2D eigenvalue weighted by Gasteiger charge is 2.15. The number of phenols is 1. The normalized spacial score (nSPS) is 11.4. The van der Waals surface area contributed by atoms with E-state index in [0.717, 1.165) is 0 Å². The maximum absolute atomic E-state index is 11.4. The van der Waals surface area contributed by atoms with Crippen molar-refractivity contribution in [3.05, 3.63) is 35.4 Å². The van der Waals surface area contributed by atoms with Crippen LogP contribution in [-0.4, -0.2) is 29.3 Å². The molecule has 0 aliphatic rings. The Hall–Kier alpha value is -2.50. The van der Waals surface area contributed by atoms with Crippen molar-refractivity contribution in [2.45, 2.75) is 26.4 Å². The van der Waals surface area contributed by atoms with Crippen LogP contribution in [0.25, 0.3) is 6.08 Å². The molecule has 0 aliphatic heterocycles. The third-order valence-corrected chi connectivity index (χ3v) is 2.36. The molecule has 4 N–H and O–H groups in total. The second-order valence-corrected chi connectivity index (χ2v) is 5.43. The number of carbonyl (C=O) groups excluding carboxylic acids is 2. The summed E-state index contributed by atoms with van der Waals surface area (Å²) in [6.07, 6.45) is 2.89. The number of nitrogens with two attached hydrogens (primary N) is 1. The first-order chi connectivity index (χ1) is 9.69. The van der Waals surface area contributed by atoms with Gasteiger partial charge in [0.2, 0.25) is 0 Å². The Kier molecular flexibility index (Phi) is 5.35. The summed E-state index contributed by atoms with van der Waals surface area (Å²) in [4.78, 5) is 22.5. The highest BCUT2D eigenvalue weighted by atomic mass is 16.6. The zero-order valence-electron chi connectivity index (χ0n) is 12.3. The lowest BCUT2D eigenvalue weighted by molar-refractivity contribution is 0.0534. The maximum Gasteiger partial charge on any atom is 0.407 e. The van der Waals surface area contributed by atoms with Gasteiger partial charge in [0.15, 0.2) is 0 Å². The van der Waals surface area contributed by atoms with Gasteiger partial charge in [-0.25, -0.2) is 4.79 Å². The average Bonchev–Trinajstić information content (AvgIpc) is 2.34. The second kappa shape index (κ2) is 6.78. The predicted octanol–water partition coefficient (Wildman–Crippen LogP) is 2.03. The first-order valence-corrected chi connectivity index (χ1v) is 6.45. The fraction of sp³-hybridized carbons (Fsp3) is 0.333. The number of benzene rings is 1. The van der Waals surface area contributed by atoms with Crippen molar-refractivity contribution >= 4 is 18.1 Å². The summed E-state index contributed by atoms with van der Waals surface area (Å²) in [5.41, 5.74) is 5.34. The largest absolute Gasteiger partial charge is 0.507 e. The Balaban J connectivity index is 2.56. The van der Waals surface area contributed by atoms with Crippen LogP contribution in [0.2, 0.25) is 0 Å². The van der Waals surface area contributed by atoms with E-state index >= 15 is 0 Å². The summed E-state index contributed by atoms with van der Waals surface area (Å²) in [5, 5.41) is 12.0. The molecule has 6 nitrogen and oxygen atoms in total. The van der Waals surface area contributed by atoms with Crippen molar-refractivity contribution < 1.29 is 19.4 Å². The lowest BCUT2D eigenvalue weighted by atomic mass is 10.1. The van der Waals surface area contributed by atoms with Gasteiger partial charge in [-0.1, -0.05) is 18.2 Å².